The van der Waals surface area contributed by atoms with Crippen LogP contribution >= 0.6 is 0 Å². The van der Waals surface area contributed by atoms with E-state index in [2.05, 4.69) is 24.0 Å². The van der Waals surface area contributed by atoms with Crippen molar-refractivity contribution in [3.8, 4) is 0 Å². The van der Waals surface area contributed by atoms with Gasteiger partial charge in [0.25, 0.3) is 0 Å². The highest BCUT2D eigenvalue weighted by Gasteiger charge is 2.26. The lowest BCUT2D eigenvalue weighted by molar-refractivity contribution is 0.255. The molecule has 0 saturated heterocycles. The van der Waals surface area contributed by atoms with E-state index in [-0.39, 0.29) is 6.61 Å². The second-order valence-corrected chi connectivity index (χ2v) is 4.96. The van der Waals surface area contributed by atoms with Crippen LogP contribution in [0.5, 0.6) is 0 Å². The van der Waals surface area contributed by atoms with Gasteiger partial charge in [-0.25, -0.2) is 0 Å². The lowest BCUT2D eigenvalue weighted by atomic mass is 10.0. The van der Waals surface area contributed by atoms with Crippen LogP contribution < -0.4 is 15.9 Å². The van der Waals surface area contributed by atoms with Gasteiger partial charge in [-0.2, -0.15) is 0 Å². The molecule has 2 N–H and O–H groups in total. The number of hydrogen-bond donors (Lipinski definition) is 2. The van der Waals surface area contributed by atoms with E-state index >= 15 is 0 Å². The Balaban J connectivity index is 2.38. The van der Waals surface area contributed by atoms with Crippen LogP contribution in [0.25, 0.3) is 17.4 Å². The number of hydrogen-bond acceptors (Lipinski definition) is 3. The maximum absolute atomic E-state index is 9.16. The van der Waals surface area contributed by atoms with Crippen LogP contribution in [0.3, 0.4) is 0 Å². The Morgan fingerprint density at radius 1 is 1.33 bits per heavy atom. The molecule has 0 aromatic heterocycles. The first kappa shape index (κ1) is 11.2. The Kier molecular flexibility index (Phi) is 2.38. The Hall–Kier alpha value is -1.87. The minimum Gasteiger partial charge on any atom is -0.396 e. The fraction of sp³-hybridized carbons (Fsp3) is 0.267. The van der Waals surface area contributed by atoms with Crippen LogP contribution in [0.4, 0.5) is 5.69 Å². The number of nitrogens with one attached hydrogen (secondary N) is 1. The zero-order valence-corrected chi connectivity index (χ0v) is 10.4. The first-order valence-corrected chi connectivity index (χ1v) is 6.13. The third kappa shape index (κ3) is 1.59. The lowest BCUT2D eigenvalue weighted by Gasteiger charge is -2.31. The average Bonchev–Trinajstić information content (AvgIpc) is 2.33. The Bertz CT molecular complexity index is 723. The van der Waals surface area contributed by atoms with Gasteiger partial charge >= 0.3 is 0 Å². The smallest absolute Gasteiger partial charge is 0.129 e. The van der Waals surface area contributed by atoms with Gasteiger partial charge in [-0.15, -0.1) is 0 Å². The monoisotopic (exact) mass is 240 g/mol. The highest BCUT2D eigenvalue weighted by molar-refractivity contribution is 5.94. The summed E-state index contributed by atoms with van der Waals surface area (Å²) in [6, 6.07) is 10.1. The number of benzene rings is 2. The zero-order valence-electron chi connectivity index (χ0n) is 10.4. The van der Waals surface area contributed by atoms with Gasteiger partial charge in [0.2, 0.25) is 0 Å². The summed E-state index contributed by atoms with van der Waals surface area (Å²) in [5, 5.41) is 16.8. The lowest BCUT2D eigenvalue weighted by Crippen LogP contribution is -2.39. The summed E-state index contributed by atoms with van der Waals surface area (Å²) in [5.41, 5.74) is 0.637. The molecule has 1 unspecified atom stereocenters. The van der Waals surface area contributed by atoms with Crippen molar-refractivity contribution in [1.29, 1.82) is 0 Å². The van der Waals surface area contributed by atoms with Gasteiger partial charge in [0.15, 0.2) is 0 Å². The van der Waals surface area contributed by atoms with E-state index in [1.54, 1.807) is 0 Å². The summed E-state index contributed by atoms with van der Waals surface area (Å²) >= 11 is 0. The number of aliphatic hydroxyl groups excluding tert-OH is 1. The van der Waals surface area contributed by atoms with Crippen molar-refractivity contribution in [1.82, 2.24) is 0 Å². The molecule has 0 radical (unpaired) electrons. The van der Waals surface area contributed by atoms with E-state index in [1.165, 1.54) is 0 Å². The predicted octanol–water partition coefficient (Wildman–Crippen LogP) is 1.39. The molecular formula is C15H16N2O. The summed E-state index contributed by atoms with van der Waals surface area (Å²) in [6.07, 6.45) is 0.592. The summed E-state index contributed by atoms with van der Waals surface area (Å²) in [6.45, 7) is 6.17. The normalized spacial score (nSPS) is 21.4. The molecule has 0 bridgehead atoms. The second kappa shape index (κ2) is 3.82. The van der Waals surface area contributed by atoms with Crippen molar-refractivity contribution in [2.45, 2.75) is 19.0 Å². The third-order valence-corrected chi connectivity index (χ3v) is 3.48. The van der Waals surface area contributed by atoms with Gasteiger partial charge in [-0.05, 0) is 29.7 Å². The van der Waals surface area contributed by atoms with Gasteiger partial charge in [0.1, 0.15) is 5.66 Å². The molecule has 0 amide bonds. The average molecular weight is 240 g/mol. The molecule has 0 spiro atoms. The molecule has 0 saturated carbocycles. The molecule has 1 aliphatic rings. The van der Waals surface area contributed by atoms with Crippen molar-refractivity contribution >= 4 is 23.0 Å². The molecule has 0 aliphatic carbocycles. The van der Waals surface area contributed by atoms with Crippen molar-refractivity contribution in [2.24, 2.45) is 4.99 Å². The van der Waals surface area contributed by atoms with Crippen molar-refractivity contribution in [2.75, 3.05) is 11.9 Å². The molecule has 1 aliphatic heterocycles. The molecule has 1 heterocycles. The summed E-state index contributed by atoms with van der Waals surface area (Å²) in [7, 11) is 0. The van der Waals surface area contributed by atoms with E-state index < -0.39 is 5.66 Å². The van der Waals surface area contributed by atoms with E-state index in [9.17, 15) is 0 Å². The largest absolute Gasteiger partial charge is 0.396 e. The molecule has 0 fully saturated rings. The van der Waals surface area contributed by atoms with Gasteiger partial charge < -0.3 is 10.4 Å². The van der Waals surface area contributed by atoms with Crippen LogP contribution in [0, 0.1) is 0 Å². The van der Waals surface area contributed by atoms with E-state index in [4.69, 9.17) is 10.1 Å². The molecule has 3 rings (SSSR count). The number of rotatable bonds is 2. The Morgan fingerprint density at radius 3 is 2.94 bits per heavy atom. The zero-order chi connectivity index (χ0) is 12.8. The molecule has 3 nitrogen and oxygen atoms in total. The minimum atomic E-state index is -0.432. The Labute approximate surface area is 105 Å². The number of aliphatic hydroxyl groups is 1. The molecule has 2 aromatic rings. The van der Waals surface area contributed by atoms with Crippen molar-refractivity contribution in [3.05, 3.63) is 40.9 Å². The predicted molar refractivity (Wildman–Crippen MR) is 74.0 cm³/mol. The first-order chi connectivity index (χ1) is 8.63. The Morgan fingerprint density at radius 2 is 2.17 bits per heavy atom. The third-order valence-electron chi connectivity index (χ3n) is 3.48. The van der Waals surface area contributed by atoms with E-state index in [0.717, 1.165) is 27.0 Å². The van der Waals surface area contributed by atoms with Crippen molar-refractivity contribution in [3.63, 3.8) is 0 Å². The molecule has 1 atom stereocenters. The molecule has 3 heteroatoms. The van der Waals surface area contributed by atoms with Crippen LogP contribution in [-0.4, -0.2) is 17.4 Å². The SMILES string of the molecule is C=c1ccc2c3c(cccc13)NC(C)(CCO)N=2. The fourth-order valence-corrected chi connectivity index (χ4v) is 2.57. The molecule has 92 valence electrons. The first-order valence-electron chi connectivity index (χ1n) is 6.13. The van der Waals surface area contributed by atoms with E-state index in [1.807, 2.05) is 25.1 Å². The highest BCUT2D eigenvalue weighted by atomic mass is 16.3. The molecular weight excluding hydrogens is 224 g/mol. The maximum Gasteiger partial charge on any atom is 0.129 e. The molecule has 18 heavy (non-hydrogen) atoms. The quantitative estimate of drug-likeness (QED) is 0.833. The van der Waals surface area contributed by atoms with Gasteiger partial charge in [0, 0.05) is 24.1 Å². The van der Waals surface area contributed by atoms with Gasteiger partial charge in [-0.3, -0.25) is 4.99 Å². The topological polar surface area (TPSA) is 44.6 Å². The summed E-state index contributed by atoms with van der Waals surface area (Å²) < 4.78 is 0. The summed E-state index contributed by atoms with van der Waals surface area (Å²) in [5.74, 6) is 0. The number of anilines is 1. The minimum absolute atomic E-state index is 0.117. The van der Waals surface area contributed by atoms with Crippen LogP contribution in [0.1, 0.15) is 13.3 Å². The van der Waals surface area contributed by atoms with Crippen LogP contribution in [0.2, 0.25) is 0 Å². The van der Waals surface area contributed by atoms with Crippen molar-refractivity contribution < 1.29 is 5.11 Å². The van der Waals surface area contributed by atoms with Gasteiger partial charge in [0.05, 0.1) is 5.36 Å². The van der Waals surface area contributed by atoms with E-state index in [0.29, 0.717) is 6.42 Å². The van der Waals surface area contributed by atoms with Gasteiger partial charge in [-0.1, -0.05) is 24.8 Å². The maximum atomic E-state index is 9.16. The van der Waals surface area contributed by atoms with Crippen LogP contribution in [0.15, 0.2) is 35.3 Å². The van der Waals surface area contributed by atoms with Crippen LogP contribution in [-0.2, 0) is 0 Å². The second-order valence-electron chi connectivity index (χ2n) is 4.96. The highest BCUT2D eigenvalue weighted by Crippen LogP contribution is 2.27. The summed E-state index contributed by atoms with van der Waals surface area (Å²) in [4.78, 5) is 4.73. The number of nitrogens with zero attached hydrogens (tertiary/aromatic N) is 1. The molecule has 2 aromatic carbocycles. The fourth-order valence-electron chi connectivity index (χ4n) is 2.57. The standard InChI is InChI=1S/C15H16N2O/c1-10-6-7-13-14-11(10)4-3-5-12(14)16-15(2,17-13)8-9-18/h3-7,16,18H,1,8-9H2,2H3.